The highest BCUT2D eigenvalue weighted by molar-refractivity contribution is 5.95. The summed E-state index contributed by atoms with van der Waals surface area (Å²) < 4.78 is 0. The number of nitrogens with zero attached hydrogens (tertiary/aromatic N) is 1. The first-order chi connectivity index (χ1) is 16.7. The van der Waals surface area contributed by atoms with Gasteiger partial charge in [-0.3, -0.25) is 24.2 Å². The van der Waals surface area contributed by atoms with Crippen molar-refractivity contribution >= 4 is 35.6 Å². The lowest BCUT2D eigenvalue weighted by Gasteiger charge is -2.28. The molecule has 0 aromatic carbocycles. The Balaban J connectivity index is 5.56. The van der Waals surface area contributed by atoms with E-state index in [1.165, 1.54) is 0 Å². The predicted octanol–water partition coefficient (Wildman–Crippen LogP) is -1.53. The molecular formula is C22H41N7O7. The quantitative estimate of drug-likeness (QED) is 0.0630. The number of carbonyl (C=O) groups excluding carboxylic acids is 3. The second-order valence-corrected chi connectivity index (χ2v) is 8.79. The van der Waals surface area contributed by atoms with Crippen LogP contribution in [0.3, 0.4) is 0 Å². The molecule has 0 heterocycles. The summed E-state index contributed by atoms with van der Waals surface area (Å²) >= 11 is 0. The minimum atomic E-state index is -1.58. The van der Waals surface area contributed by atoms with Gasteiger partial charge >= 0.3 is 11.9 Å². The maximum atomic E-state index is 13.0. The standard InChI is InChI=1S/C22H41N7O7/c1-5-11(3)16(23)19(33)29-17(12(4)6-2)20(34)28-14(10-15(30)31)18(32)27-13(21(35)36)8-7-9-26-22(24)25/h11-14,16-17H,5-10,23H2,1-4H3,(H,27,32)(H,28,34)(H,29,33)(H,30,31)(H,35,36)(H4,24,25,26). The van der Waals surface area contributed by atoms with Crippen LogP contribution in [0.4, 0.5) is 0 Å². The van der Waals surface area contributed by atoms with Crippen LogP contribution in [0.5, 0.6) is 0 Å². The number of aliphatic imine (C=N–C) groups is 1. The number of carboxylic acids is 2. The topological polar surface area (TPSA) is 252 Å². The number of carbonyl (C=O) groups is 5. The maximum Gasteiger partial charge on any atom is 0.326 e. The SMILES string of the molecule is CCC(C)C(N)C(=O)NC(C(=O)NC(CC(=O)O)C(=O)NC(CCCN=C(N)N)C(=O)O)C(C)CC. The Morgan fingerprint density at radius 1 is 0.833 bits per heavy atom. The molecule has 0 saturated carbocycles. The van der Waals surface area contributed by atoms with E-state index in [0.29, 0.717) is 12.8 Å². The molecule has 14 heteroatoms. The smallest absolute Gasteiger partial charge is 0.326 e. The first-order valence-corrected chi connectivity index (χ1v) is 11.9. The normalized spacial score (nSPS) is 15.8. The van der Waals surface area contributed by atoms with Crippen molar-refractivity contribution in [2.45, 2.75) is 84.0 Å². The van der Waals surface area contributed by atoms with Crippen LogP contribution in [-0.4, -0.2) is 76.5 Å². The van der Waals surface area contributed by atoms with Gasteiger partial charge in [-0.25, -0.2) is 4.79 Å². The second kappa shape index (κ2) is 16.3. The number of hydrogen-bond donors (Lipinski definition) is 8. The maximum absolute atomic E-state index is 13.0. The molecule has 6 atom stereocenters. The highest BCUT2D eigenvalue weighted by Crippen LogP contribution is 2.12. The van der Waals surface area contributed by atoms with E-state index in [1.54, 1.807) is 20.8 Å². The Bertz CT molecular complexity index is 802. The molecule has 0 bridgehead atoms. The zero-order valence-electron chi connectivity index (χ0n) is 21.3. The molecule has 11 N–H and O–H groups in total. The number of carboxylic acid groups (broad SMARTS) is 2. The average Bonchev–Trinajstić information content (AvgIpc) is 2.81. The Morgan fingerprint density at radius 3 is 1.86 bits per heavy atom. The number of nitrogens with two attached hydrogens (primary N) is 3. The minimum Gasteiger partial charge on any atom is -0.481 e. The monoisotopic (exact) mass is 515 g/mol. The molecule has 0 aliphatic heterocycles. The Hall–Kier alpha value is -3.42. The highest BCUT2D eigenvalue weighted by atomic mass is 16.4. The molecule has 14 nitrogen and oxygen atoms in total. The van der Waals surface area contributed by atoms with Crippen LogP contribution in [0.2, 0.25) is 0 Å². The van der Waals surface area contributed by atoms with Crippen molar-refractivity contribution in [2.24, 2.45) is 34.0 Å². The van der Waals surface area contributed by atoms with E-state index >= 15 is 0 Å². The van der Waals surface area contributed by atoms with Gasteiger partial charge in [-0.1, -0.05) is 40.5 Å². The van der Waals surface area contributed by atoms with Gasteiger partial charge in [-0.2, -0.15) is 0 Å². The van der Waals surface area contributed by atoms with Crippen molar-refractivity contribution in [1.82, 2.24) is 16.0 Å². The van der Waals surface area contributed by atoms with E-state index in [4.69, 9.17) is 17.2 Å². The van der Waals surface area contributed by atoms with E-state index in [1.807, 2.05) is 6.92 Å². The van der Waals surface area contributed by atoms with Crippen LogP contribution in [0.1, 0.15) is 59.8 Å². The van der Waals surface area contributed by atoms with Gasteiger partial charge in [0.2, 0.25) is 17.7 Å². The number of amides is 3. The van der Waals surface area contributed by atoms with Crippen LogP contribution in [0, 0.1) is 11.8 Å². The van der Waals surface area contributed by atoms with E-state index in [0.717, 1.165) is 0 Å². The second-order valence-electron chi connectivity index (χ2n) is 8.79. The molecule has 0 radical (unpaired) electrons. The third-order valence-electron chi connectivity index (χ3n) is 5.92. The fraction of sp³-hybridized carbons (Fsp3) is 0.727. The van der Waals surface area contributed by atoms with Crippen molar-refractivity contribution < 1.29 is 34.2 Å². The summed E-state index contributed by atoms with van der Waals surface area (Å²) in [5.74, 6) is -5.74. The number of rotatable bonds is 17. The minimum absolute atomic E-state index is 0.0371. The molecule has 206 valence electrons. The third kappa shape index (κ3) is 11.8. The summed E-state index contributed by atoms with van der Waals surface area (Å²) in [6, 6.07) is -4.89. The van der Waals surface area contributed by atoms with Gasteiger partial charge < -0.3 is 43.4 Å². The van der Waals surface area contributed by atoms with Crippen molar-refractivity contribution in [3.63, 3.8) is 0 Å². The molecule has 0 saturated heterocycles. The average molecular weight is 516 g/mol. The van der Waals surface area contributed by atoms with Gasteiger partial charge in [-0.05, 0) is 24.7 Å². The molecule has 0 rings (SSSR count). The molecule has 0 fully saturated rings. The Morgan fingerprint density at radius 2 is 1.39 bits per heavy atom. The first-order valence-electron chi connectivity index (χ1n) is 11.9. The van der Waals surface area contributed by atoms with Crippen LogP contribution in [0.25, 0.3) is 0 Å². The fourth-order valence-electron chi connectivity index (χ4n) is 3.14. The Labute approximate surface area is 210 Å². The van der Waals surface area contributed by atoms with Crippen molar-refractivity contribution in [2.75, 3.05) is 6.54 Å². The zero-order valence-corrected chi connectivity index (χ0v) is 21.3. The number of hydrogen-bond acceptors (Lipinski definition) is 7. The van der Waals surface area contributed by atoms with Crippen LogP contribution in [0.15, 0.2) is 4.99 Å². The predicted molar refractivity (Wildman–Crippen MR) is 132 cm³/mol. The van der Waals surface area contributed by atoms with Crippen LogP contribution < -0.4 is 33.2 Å². The molecular weight excluding hydrogens is 474 g/mol. The van der Waals surface area contributed by atoms with E-state index in [2.05, 4.69) is 20.9 Å². The highest BCUT2D eigenvalue weighted by Gasteiger charge is 2.33. The molecule has 0 aliphatic rings. The van der Waals surface area contributed by atoms with Gasteiger partial charge in [0, 0.05) is 6.54 Å². The first kappa shape index (κ1) is 32.6. The van der Waals surface area contributed by atoms with Crippen molar-refractivity contribution in [1.29, 1.82) is 0 Å². The molecule has 0 aliphatic carbocycles. The van der Waals surface area contributed by atoms with Crippen LogP contribution >= 0.6 is 0 Å². The van der Waals surface area contributed by atoms with E-state index in [9.17, 15) is 34.2 Å². The molecule has 6 unspecified atom stereocenters. The number of nitrogens with one attached hydrogen (secondary N) is 3. The van der Waals surface area contributed by atoms with Gasteiger partial charge in [-0.15, -0.1) is 0 Å². The van der Waals surface area contributed by atoms with E-state index in [-0.39, 0.29) is 37.2 Å². The zero-order chi connectivity index (χ0) is 28.0. The van der Waals surface area contributed by atoms with Crippen molar-refractivity contribution in [3.8, 4) is 0 Å². The molecule has 3 amide bonds. The largest absolute Gasteiger partial charge is 0.481 e. The van der Waals surface area contributed by atoms with Gasteiger partial charge in [0.15, 0.2) is 5.96 Å². The lowest BCUT2D eigenvalue weighted by molar-refractivity contribution is -0.144. The summed E-state index contributed by atoms with van der Waals surface area (Å²) in [6.45, 7) is 7.31. The molecule has 0 aromatic rings. The summed E-state index contributed by atoms with van der Waals surface area (Å²) in [4.78, 5) is 65.0. The molecule has 36 heavy (non-hydrogen) atoms. The lowest BCUT2D eigenvalue weighted by atomic mass is 9.95. The number of guanidine groups is 1. The van der Waals surface area contributed by atoms with Gasteiger partial charge in [0.1, 0.15) is 18.1 Å². The van der Waals surface area contributed by atoms with Crippen LogP contribution in [-0.2, 0) is 24.0 Å². The summed E-state index contributed by atoms with van der Waals surface area (Å²) in [6.07, 6.45) is 0.524. The van der Waals surface area contributed by atoms with Crippen molar-refractivity contribution in [3.05, 3.63) is 0 Å². The summed E-state index contributed by atoms with van der Waals surface area (Å²) in [5, 5.41) is 25.9. The van der Waals surface area contributed by atoms with E-state index < -0.39 is 60.2 Å². The van der Waals surface area contributed by atoms with Gasteiger partial charge in [0.05, 0.1) is 12.5 Å². The lowest BCUT2D eigenvalue weighted by Crippen LogP contribution is -2.59. The summed E-state index contributed by atoms with van der Waals surface area (Å²) in [7, 11) is 0. The fourth-order valence-corrected chi connectivity index (χ4v) is 3.14. The third-order valence-corrected chi connectivity index (χ3v) is 5.92. The van der Waals surface area contributed by atoms with Gasteiger partial charge in [0.25, 0.3) is 0 Å². The molecule has 0 spiro atoms. The Kier molecular flexibility index (Phi) is 14.7. The molecule has 0 aromatic heterocycles. The number of aliphatic carboxylic acids is 2. The summed E-state index contributed by atoms with van der Waals surface area (Å²) in [5.41, 5.74) is 16.4.